The van der Waals surface area contributed by atoms with E-state index in [-0.39, 0.29) is 50.5 Å². The van der Waals surface area contributed by atoms with Gasteiger partial charge in [-0.3, -0.25) is 13.8 Å². The Bertz CT molecular complexity index is 7630. The van der Waals surface area contributed by atoms with Crippen molar-refractivity contribution in [3.63, 3.8) is 0 Å². The van der Waals surface area contributed by atoms with E-state index < -0.39 is 0 Å². The predicted molar refractivity (Wildman–Crippen MR) is 555 cm³/mol. The maximum absolute atomic E-state index is 9.58. The van der Waals surface area contributed by atoms with E-state index in [1.54, 1.807) is 16.8 Å². The molecule has 0 fully saturated rings. The SMILES string of the molecule is C.CC(C)(C)c1ccnc(-n2c3ccccc3c3ccc(Br)cc32)c1.Cc1cc(C)c(-c2cnn(-c3[c-]c(Oc4[c-]c5c(cc4)c4ccccc4n5-c4cc(C(C)(C)C)ccn4)ccc3)c2)c(C)c1.Cc1cc(C)c(-c2cnn(-c3cccc(O)c3)c2)c(C)c1.Cc1cc(C)c(-c2cnn(-c3cccc(Oc4ccc5c6ccccc6n(-c6cc(C(C)(C)C)ccn6)c5c4)c3)c2)c(C)c1.[Pt+2]. The van der Waals surface area contributed by atoms with E-state index in [2.05, 4.69) is 376 Å². The number of benzene rings is 12. The number of hydrogen-bond donors (Lipinski definition) is 1. The van der Waals surface area contributed by atoms with Crippen molar-refractivity contribution in [3.8, 4) is 96.6 Å². The molecule has 0 spiro atoms. The van der Waals surface area contributed by atoms with E-state index in [0.717, 1.165) is 105 Å². The van der Waals surface area contributed by atoms with Gasteiger partial charge in [0.1, 0.15) is 34.7 Å². The number of aromatic hydroxyl groups is 1. The van der Waals surface area contributed by atoms with Gasteiger partial charge in [0.05, 0.1) is 52.0 Å². The first-order valence-corrected chi connectivity index (χ1v) is 45.8. The number of phenols is 1. The summed E-state index contributed by atoms with van der Waals surface area (Å²) in [5.41, 5.74) is 31.3. The maximum atomic E-state index is 9.58. The second-order valence-electron chi connectivity index (χ2n) is 37.9. The summed E-state index contributed by atoms with van der Waals surface area (Å²) in [5.74, 6) is 5.67. The predicted octanol–water partition coefficient (Wildman–Crippen LogP) is 30.7. The molecule has 15 nitrogen and oxygen atoms in total. The van der Waals surface area contributed by atoms with Crippen LogP contribution < -0.4 is 9.47 Å². The largest absolute Gasteiger partial charge is 2.00 e. The van der Waals surface area contributed by atoms with Crippen LogP contribution in [-0.2, 0) is 37.3 Å². The number of nitrogens with zero attached hydrogens (tertiary/aromatic N) is 12. The molecule has 1 N–H and O–H groups in total. The summed E-state index contributed by atoms with van der Waals surface area (Å²) in [6.45, 7) is 39.3. The van der Waals surface area contributed by atoms with Crippen molar-refractivity contribution in [1.82, 2.24) is 58.0 Å². The Kier molecular flexibility index (Phi) is 26.7. The fraction of sp³-hybridized carbons (Fsp3) is 0.186. The van der Waals surface area contributed by atoms with Crippen molar-refractivity contribution < 1.29 is 35.6 Å². The first kappa shape index (κ1) is 93.9. The molecular formula is C118H111BrN12O3Pt. The maximum Gasteiger partial charge on any atom is 2.00 e. The fourth-order valence-electron chi connectivity index (χ4n) is 18.5. The molecule has 0 bridgehead atoms. The fourth-order valence-corrected chi connectivity index (χ4v) is 18.9. The van der Waals surface area contributed by atoms with Gasteiger partial charge < -0.3 is 19.1 Å². The topological polar surface area (TPSA) is 146 Å². The van der Waals surface area contributed by atoms with E-state index in [0.29, 0.717) is 11.5 Å². The van der Waals surface area contributed by atoms with E-state index in [9.17, 15) is 5.11 Å². The van der Waals surface area contributed by atoms with Gasteiger partial charge in [0.15, 0.2) is 0 Å². The Labute approximate surface area is 813 Å². The molecule has 678 valence electrons. The van der Waals surface area contributed by atoms with Gasteiger partial charge in [-0.15, -0.1) is 35.7 Å². The normalized spacial score (nSPS) is 11.6. The molecule has 0 amide bonds. The summed E-state index contributed by atoms with van der Waals surface area (Å²) in [6.07, 6.45) is 17.6. The quantitative estimate of drug-likeness (QED) is 0.112. The summed E-state index contributed by atoms with van der Waals surface area (Å²) < 4.78 is 26.1. The molecule has 17 heteroatoms. The second kappa shape index (κ2) is 38.3. The standard InChI is InChI=1S/C39H36N4O.C39H34N4O.C21H19BrN2.C18H18N2O.CH4.Pt/c2*1-25-18-26(2)38(27(3)19-25)28-23-41-42(24-28)30-10-9-11-31(21-30)44-32-14-15-34-33-12-7-8-13-35(33)43(36(34)22-32)37-20-29(16-17-40-37)39(4,5)6;1-21(2,3)14-10-11-23-20(12-14)24-18-7-5-4-6-16(18)17-9-8-15(22)13-19(17)24;1-12-7-13(2)18(14(3)8-12)15-10-19-20(11-15)16-5-4-6-17(21)9-16;;/h7-24H,1-6H3;7-20,23-24H,1-6H3;4-13H,1-3H3;4-11,21H,1-3H3;1H4;/q;-2;;;;+2. The van der Waals surface area contributed by atoms with Crippen LogP contribution in [0.4, 0.5) is 0 Å². The number of rotatable bonds is 13. The summed E-state index contributed by atoms with van der Waals surface area (Å²) in [4.78, 5) is 14.3. The van der Waals surface area contributed by atoms with Crippen LogP contribution in [0.15, 0.2) is 321 Å². The molecule has 0 aliphatic heterocycles. The van der Waals surface area contributed by atoms with Gasteiger partial charge >= 0.3 is 21.1 Å². The van der Waals surface area contributed by atoms with Crippen molar-refractivity contribution in [2.75, 3.05) is 0 Å². The minimum absolute atomic E-state index is 0. The van der Waals surface area contributed by atoms with Crippen LogP contribution in [0.2, 0.25) is 0 Å². The first-order chi connectivity index (χ1) is 63.8. The third-order valence-corrected chi connectivity index (χ3v) is 25.1. The number of aryl methyl sites for hydroxylation is 9. The Morgan fingerprint density at radius 1 is 0.326 bits per heavy atom. The smallest absolute Gasteiger partial charge is 0.509 e. The van der Waals surface area contributed by atoms with Gasteiger partial charge in [0.2, 0.25) is 0 Å². The molecule has 12 aromatic carbocycles. The molecule has 9 aromatic heterocycles. The van der Waals surface area contributed by atoms with Crippen LogP contribution in [0.25, 0.3) is 133 Å². The van der Waals surface area contributed by atoms with Crippen molar-refractivity contribution in [1.29, 1.82) is 0 Å². The van der Waals surface area contributed by atoms with Crippen LogP contribution in [0.1, 0.15) is 137 Å². The van der Waals surface area contributed by atoms with Crippen molar-refractivity contribution in [2.45, 2.75) is 148 Å². The summed E-state index contributed by atoms with van der Waals surface area (Å²) >= 11 is 3.61. The van der Waals surface area contributed by atoms with Gasteiger partial charge in [0, 0.05) is 115 Å². The molecule has 0 atom stereocenters. The van der Waals surface area contributed by atoms with Gasteiger partial charge in [0.25, 0.3) is 0 Å². The second-order valence-corrected chi connectivity index (χ2v) is 38.8. The van der Waals surface area contributed by atoms with E-state index in [1.807, 2.05) is 119 Å². The van der Waals surface area contributed by atoms with Crippen molar-refractivity contribution in [2.24, 2.45) is 0 Å². The molecule has 9 heterocycles. The van der Waals surface area contributed by atoms with Crippen LogP contribution in [0.5, 0.6) is 28.7 Å². The van der Waals surface area contributed by atoms with Crippen LogP contribution >= 0.6 is 15.9 Å². The summed E-state index contributed by atoms with van der Waals surface area (Å²) in [6, 6.07) is 96.3. The average molecular weight is 2020 g/mol. The third kappa shape index (κ3) is 19.6. The molecule has 21 aromatic rings. The van der Waals surface area contributed by atoms with Crippen LogP contribution in [-0.4, -0.2) is 63.1 Å². The number of ether oxygens (including phenoxy) is 2. The van der Waals surface area contributed by atoms with Gasteiger partial charge in [-0.05, 0) is 260 Å². The molecule has 0 unspecified atom stereocenters. The third-order valence-electron chi connectivity index (χ3n) is 24.6. The molecule has 0 aliphatic carbocycles. The van der Waals surface area contributed by atoms with Crippen molar-refractivity contribution >= 4 is 81.3 Å². The number of hydrogen-bond acceptors (Lipinski definition) is 9. The van der Waals surface area contributed by atoms with Crippen LogP contribution in [0.3, 0.4) is 0 Å². The van der Waals surface area contributed by atoms with Crippen LogP contribution in [0, 0.1) is 74.4 Å². The number of aromatic nitrogens is 12. The molecular weight excluding hydrogens is 1910 g/mol. The van der Waals surface area contributed by atoms with Gasteiger partial charge in [-0.25, -0.2) is 24.3 Å². The Morgan fingerprint density at radius 2 is 0.704 bits per heavy atom. The Hall–Kier alpha value is -14.3. The van der Waals surface area contributed by atoms with Gasteiger partial charge in [-0.2, -0.15) is 27.4 Å². The summed E-state index contributed by atoms with van der Waals surface area (Å²) in [5, 5.41) is 30.4. The number of halogens is 1. The monoisotopic (exact) mass is 2020 g/mol. The van der Waals surface area contributed by atoms with Gasteiger partial charge in [-0.1, -0.05) is 217 Å². The molecule has 0 aliphatic rings. The van der Waals surface area contributed by atoms with E-state index >= 15 is 0 Å². The minimum Gasteiger partial charge on any atom is -0.509 e. The first-order valence-electron chi connectivity index (χ1n) is 45.1. The molecule has 0 radical (unpaired) electrons. The number of pyridine rings is 3. The van der Waals surface area contributed by atoms with Crippen molar-refractivity contribution in [3.05, 3.63) is 400 Å². The molecule has 0 saturated heterocycles. The number of para-hydroxylation sites is 3. The minimum atomic E-state index is 0. The van der Waals surface area contributed by atoms with E-state index in [1.165, 1.54) is 111 Å². The van der Waals surface area contributed by atoms with E-state index in [4.69, 9.17) is 24.5 Å². The molecule has 0 saturated carbocycles. The molecule has 21 rings (SSSR count). The average Bonchev–Trinajstić information content (AvgIpc) is 1.60. The summed E-state index contributed by atoms with van der Waals surface area (Å²) in [7, 11) is 0. The zero-order valence-corrected chi connectivity index (χ0v) is 82.7. The zero-order valence-electron chi connectivity index (χ0n) is 78.8. The number of phenolic OH excluding ortho intramolecular Hbond substituents is 1. The Morgan fingerprint density at radius 3 is 1.18 bits per heavy atom. The number of fused-ring (bicyclic) bond motifs is 9. The molecule has 135 heavy (non-hydrogen) atoms. The zero-order chi connectivity index (χ0) is 93.1. The Balaban J connectivity index is 0.000000136.